The van der Waals surface area contributed by atoms with Gasteiger partial charge in [-0.3, -0.25) is 0 Å². The van der Waals surface area contributed by atoms with E-state index in [2.05, 4.69) is 48.5 Å². The van der Waals surface area contributed by atoms with E-state index < -0.39 is 0 Å². The summed E-state index contributed by atoms with van der Waals surface area (Å²) in [7, 11) is 1.52. The summed E-state index contributed by atoms with van der Waals surface area (Å²) in [6.07, 6.45) is 0. The van der Waals surface area contributed by atoms with Crippen LogP contribution in [-0.4, -0.2) is 7.11 Å². The van der Waals surface area contributed by atoms with Crippen LogP contribution in [0, 0.1) is 5.82 Å². The Morgan fingerprint density at radius 2 is 1.00 bits per heavy atom. The van der Waals surface area contributed by atoms with Crippen molar-refractivity contribution in [3.63, 3.8) is 0 Å². The second-order valence-corrected chi connectivity index (χ2v) is 5.94. The third kappa shape index (κ3) is 5.05. The Labute approximate surface area is 159 Å². The summed E-state index contributed by atoms with van der Waals surface area (Å²) >= 11 is 0. The van der Waals surface area contributed by atoms with Crippen LogP contribution in [-0.2, 0) is 0 Å². The quantitative estimate of drug-likeness (QED) is 0.390. The Bertz CT molecular complexity index is 914. The molecule has 0 fully saturated rings. The van der Waals surface area contributed by atoms with Gasteiger partial charge in [-0.15, -0.1) is 0 Å². The molecule has 0 aliphatic carbocycles. The summed E-state index contributed by atoms with van der Waals surface area (Å²) in [4.78, 5) is 0. The lowest BCUT2D eigenvalue weighted by Gasteiger charge is -2.05. The van der Waals surface area contributed by atoms with Gasteiger partial charge in [-0.2, -0.15) is 0 Å². The molecule has 27 heavy (non-hydrogen) atoms. The molecular formula is C25H21FO. The first-order valence-corrected chi connectivity index (χ1v) is 8.77. The average molecular weight is 356 g/mol. The zero-order valence-corrected chi connectivity index (χ0v) is 15.2. The fraction of sp³-hybridized carbons (Fsp3) is 0.0400. The van der Waals surface area contributed by atoms with Crippen LogP contribution in [0.5, 0.6) is 5.75 Å². The first-order chi connectivity index (χ1) is 13.3. The first-order valence-electron chi connectivity index (χ1n) is 8.77. The van der Waals surface area contributed by atoms with E-state index in [1.165, 1.54) is 24.3 Å². The molecule has 0 amide bonds. The highest BCUT2D eigenvalue weighted by Gasteiger charge is 2.05. The lowest BCUT2D eigenvalue weighted by atomic mass is 10.1. The summed E-state index contributed by atoms with van der Waals surface area (Å²) in [5, 5.41) is 0. The lowest BCUT2D eigenvalue weighted by molar-refractivity contribution is 0.411. The van der Waals surface area contributed by atoms with Crippen LogP contribution in [0.2, 0.25) is 0 Å². The molecule has 134 valence electrons. The van der Waals surface area contributed by atoms with Crippen LogP contribution in [0.3, 0.4) is 0 Å². The summed E-state index contributed by atoms with van der Waals surface area (Å²) < 4.78 is 18.6. The average Bonchev–Trinajstić information content (AvgIpc) is 2.76. The maximum Gasteiger partial charge on any atom is 0.134 e. The fourth-order valence-corrected chi connectivity index (χ4v) is 2.74. The molecule has 0 radical (unpaired) electrons. The Balaban J connectivity index is 0.000000159. The predicted octanol–water partition coefficient (Wildman–Crippen LogP) is 6.85. The Kier molecular flexibility index (Phi) is 6.37. The van der Waals surface area contributed by atoms with Crippen LogP contribution in [0.1, 0.15) is 0 Å². The third-order valence-corrected chi connectivity index (χ3v) is 4.14. The van der Waals surface area contributed by atoms with E-state index in [0.29, 0.717) is 11.3 Å². The van der Waals surface area contributed by atoms with Gasteiger partial charge < -0.3 is 4.74 Å². The number of hydrogen-bond donors (Lipinski definition) is 0. The molecule has 0 unspecified atom stereocenters. The molecule has 0 N–H and O–H groups in total. The molecule has 4 rings (SSSR count). The topological polar surface area (TPSA) is 9.23 Å². The second-order valence-electron chi connectivity index (χ2n) is 5.94. The van der Waals surface area contributed by atoms with Crippen LogP contribution < -0.4 is 4.74 Å². The van der Waals surface area contributed by atoms with E-state index in [9.17, 15) is 4.39 Å². The Hall–Kier alpha value is -3.39. The monoisotopic (exact) mass is 356 g/mol. The van der Waals surface area contributed by atoms with Gasteiger partial charge in [-0.25, -0.2) is 4.39 Å². The zero-order valence-electron chi connectivity index (χ0n) is 15.2. The summed E-state index contributed by atoms with van der Waals surface area (Å²) in [6.45, 7) is 0. The largest absolute Gasteiger partial charge is 0.497 e. The minimum Gasteiger partial charge on any atom is -0.497 e. The Morgan fingerprint density at radius 3 is 1.41 bits per heavy atom. The molecule has 0 aliphatic rings. The number of hydrogen-bond acceptors (Lipinski definition) is 1. The van der Waals surface area contributed by atoms with Crippen molar-refractivity contribution in [1.29, 1.82) is 0 Å². The molecule has 1 nitrogen and oxygen atoms in total. The van der Waals surface area contributed by atoms with Crippen molar-refractivity contribution in [2.75, 3.05) is 7.11 Å². The molecule has 0 aromatic heterocycles. The van der Waals surface area contributed by atoms with Crippen molar-refractivity contribution in [3.8, 4) is 28.0 Å². The van der Waals surface area contributed by atoms with Gasteiger partial charge in [0, 0.05) is 11.6 Å². The smallest absolute Gasteiger partial charge is 0.134 e. The summed E-state index contributed by atoms with van der Waals surface area (Å²) in [6, 6.07) is 35.1. The van der Waals surface area contributed by atoms with E-state index >= 15 is 0 Å². The molecule has 0 aliphatic heterocycles. The SMILES string of the molecule is COc1ccc(-c2ccccc2)c(F)c1.c1ccc(-c2ccccc2)cc1. The molecule has 0 saturated heterocycles. The van der Waals surface area contributed by atoms with Crippen LogP contribution in [0.15, 0.2) is 109 Å². The second kappa shape index (κ2) is 9.35. The van der Waals surface area contributed by atoms with Crippen molar-refractivity contribution in [3.05, 3.63) is 115 Å². The van der Waals surface area contributed by atoms with Gasteiger partial charge in [0.15, 0.2) is 0 Å². The van der Waals surface area contributed by atoms with Crippen LogP contribution >= 0.6 is 0 Å². The van der Waals surface area contributed by atoms with E-state index in [-0.39, 0.29) is 5.82 Å². The van der Waals surface area contributed by atoms with Gasteiger partial charge in [0.1, 0.15) is 11.6 Å². The highest BCUT2D eigenvalue weighted by molar-refractivity contribution is 5.65. The lowest BCUT2D eigenvalue weighted by Crippen LogP contribution is -1.87. The highest BCUT2D eigenvalue weighted by atomic mass is 19.1. The molecule has 2 heteroatoms. The van der Waals surface area contributed by atoms with Gasteiger partial charge in [-0.05, 0) is 28.8 Å². The molecule has 4 aromatic rings. The molecule has 0 spiro atoms. The first kappa shape index (κ1) is 18.4. The van der Waals surface area contributed by atoms with Crippen LogP contribution in [0.25, 0.3) is 22.3 Å². The fourth-order valence-electron chi connectivity index (χ4n) is 2.74. The van der Waals surface area contributed by atoms with Gasteiger partial charge in [-0.1, -0.05) is 91.0 Å². The van der Waals surface area contributed by atoms with E-state index in [1.54, 1.807) is 12.1 Å². The summed E-state index contributed by atoms with van der Waals surface area (Å²) in [5.41, 5.74) is 4.02. The zero-order chi connectivity index (χ0) is 18.9. The predicted molar refractivity (Wildman–Crippen MR) is 110 cm³/mol. The number of ether oxygens (including phenoxy) is 1. The van der Waals surface area contributed by atoms with Crippen molar-refractivity contribution >= 4 is 0 Å². The van der Waals surface area contributed by atoms with Crippen molar-refractivity contribution in [2.45, 2.75) is 0 Å². The summed E-state index contributed by atoms with van der Waals surface area (Å²) in [5.74, 6) is 0.271. The normalized spacial score (nSPS) is 9.85. The number of halogens is 1. The van der Waals surface area contributed by atoms with Gasteiger partial charge in [0.05, 0.1) is 7.11 Å². The molecule has 0 atom stereocenters. The van der Waals surface area contributed by atoms with E-state index in [4.69, 9.17) is 4.74 Å². The maximum absolute atomic E-state index is 13.6. The van der Waals surface area contributed by atoms with Crippen molar-refractivity contribution in [1.82, 2.24) is 0 Å². The molecule has 0 saturated carbocycles. The van der Waals surface area contributed by atoms with Gasteiger partial charge >= 0.3 is 0 Å². The number of benzene rings is 4. The highest BCUT2D eigenvalue weighted by Crippen LogP contribution is 2.25. The minimum atomic E-state index is -0.263. The maximum atomic E-state index is 13.6. The molecule has 4 aromatic carbocycles. The van der Waals surface area contributed by atoms with Crippen molar-refractivity contribution in [2.24, 2.45) is 0 Å². The number of rotatable bonds is 3. The van der Waals surface area contributed by atoms with Gasteiger partial charge in [0.2, 0.25) is 0 Å². The molecule has 0 bridgehead atoms. The minimum absolute atomic E-state index is 0.263. The van der Waals surface area contributed by atoms with Crippen LogP contribution in [0.4, 0.5) is 4.39 Å². The standard InChI is InChI=1S/C13H11FO.C12H10/c1-15-11-7-8-12(13(14)9-11)10-5-3-2-4-6-10;1-3-7-11(8-4-1)12-9-5-2-6-10-12/h2-9H,1H3;1-10H. The van der Waals surface area contributed by atoms with E-state index in [0.717, 1.165) is 5.56 Å². The number of methoxy groups -OCH3 is 1. The third-order valence-electron chi connectivity index (χ3n) is 4.14. The molecule has 0 heterocycles. The van der Waals surface area contributed by atoms with E-state index in [1.807, 2.05) is 42.5 Å². The Morgan fingerprint density at radius 1 is 0.556 bits per heavy atom. The van der Waals surface area contributed by atoms with Crippen molar-refractivity contribution < 1.29 is 9.13 Å². The molecular weight excluding hydrogens is 335 g/mol. The van der Waals surface area contributed by atoms with Gasteiger partial charge in [0.25, 0.3) is 0 Å².